The van der Waals surface area contributed by atoms with Gasteiger partial charge >= 0.3 is 0 Å². The number of nitrogens with zero attached hydrogens (tertiary/aromatic N) is 1. The Labute approximate surface area is 69.4 Å². The number of carbonyl (C=O) groups is 1. The normalized spacial score (nSPS) is 9.27. The van der Waals surface area contributed by atoms with Crippen LogP contribution in [-0.2, 0) is 0 Å². The lowest BCUT2D eigenvalue weighted by molar-refractivity contribution is 0.112. The van der Waals surface area contributed by atoms with E-state index in [1.54, 1.807) is 19.3 Å². The molecule has 58 valence electrons. The fourth-order valence-electron chi connectivity index (χ4n) is 0.761. The Hall–Kier alpha value is -1.09. The van der Waals surface area contributed by atoms with Crippen LogP contribution >= 0.6 is 11.6 Å². The molecular formula is C7H7ClN2O. The van der Waals surface area contributed by atoms with Crippen molar-refractivity contribution in [3.63, 3.8) is 0 Å². The van der Waals surface area contributed by atoms with E-state index in [0.29, 0.717) is 22.7 Å². The number of aldehydes is 1. The van der Waals surface area contributed by atoms with Gasteiger partial charge in [0.25, 0.3) is 0 Å². The van der Waals surface area contributed by atoms with Gasteiger partial charge in [-0.05, 0) is 6.07 Å². The summed E-state index contributed by atoms with van der Waals surface area (Å²) >= 11 is 5.70. The maximum Gasteiger partial charge on any atom is 0.155 e. The lowest BCUT2D eigenvalue weighted by Gasteiger charge is -2.02. The highest BCUT2D eigenvalue weighted by Gasteiger charge is 2.04. The summed E-state index contributed by atoms with van der Waals surface area (Å²) in [7, 11) is 1.69. The molecule has 0 aliphatic heterocycles. The molecule has 1 aromatic rings. The molecule has 0 saturated carbocycles. The Kier molecular flexibility index (Phi) is 2.44. The highest BCUT2D eigenvalue weighted by atomic mass is 35.5. The van der Waals surface area contributed by atoms with Gasteiger partial charge in [-0.15, -0.1) is 0 Å². The van der Waals surface area contributed by atoms with Crippen molar-refractivity contribution in [2.75, 3.05) is 12.4 Å². The number of rotatable bonds is 2. The predicted octanol–water partition coefficient (Wildman–Crippen LogP) is 1.59. The molecule has 4 heteroatoms. The Morgan fingerprint density at radius 2 is 2.45 bits per heavy atom. The first-order valence-corrected chi connectivity index (χ1v) is 3.45. The van der Waals surface area contributed by atoms with Crippen molar-refractivity contribution in [1.82, 2.24) is 4.98 Å². The third-order valence-electron chi connectivity index (χ3n) is 1.29. The van der Waals surface area contributed by atoms with Crippen LogP contribution in [0.5, 0.6) is 0 Å². The number of hydrogen-bond acceptors (Lipinski definition) is 3. The fourth-order valence-corrected chi connectivity index (χ4v) is 0.951. The summed E-state index contributed by atoms with van der Waals surface area (Å²) in [4.78, 5) is 14.3. The number of aromatic nitrogens is 1. The molecule has 0 aromatic carbocycles. The van der Waals surface area contributed by atoms with Gasteiger partial charge in [0.05, 0.1) is 10.6 Å². The van der Waals surface area contributed by atoms with Crippen LogP contribution in [0.25, 0.3) is 0 Å². The molecule has 1 aromatic heterocycles. The Balaban J connectivity index is 3.24. The highest BCUT2D eigenvalue weighted by molar-refractivity contribution is 6.33. The van der Waals surface area contributed by atoms with Crippen LogP contribution < -0.4 is 5.32 Å². The summed E-state index contributed by atoms with van der Waals surface area (Å²) in [6, 6.07) is 1.58. The van der Waals surface area contributed by atoms with Crippen LogP contribution in [0.4, 0.5) is 5.82 Å². The van der Waals surface area contributed by atoms with E-state index >= 15 is 0 Å². The third kappa shape index (κ3) is 1.49. The lowest BCUT2D eigenvalue weighted by Crippen LogP contribution is -1.97. The molecule has 0 saturated heterocycles. The van der Waals surface area contributed by atoms with Gasteiger partial charge in [-0.2, -0.15) is 0 Å². The van der Waals surface area contributed by atoms with Crippen molar-refractivity contribution in [3.8, 4) is 0 Å². The summed E-state index contributed by atoms with van der Waals surface area (Å²) in [6.07, 6.45) is 2.22. The van der Waals surface area contributed by atoms with Gasteiger partial charge in [-0.3, -0.25) is 4.79 Å². The summed E-state index contributed by atoms with van der Waals surface area (Å²) in [5, 5.41) is 3.18. The van der Waals surface area contributed by atoms with Crippen LogP contribution in [0.2, 0.25) is 5.02 Å². The Morgan fingerprint density at radius 3 is 2.91 bits per heavy atom. The van der Waals surface area contributed by atoms with E-state index < -0.39 is 0 Å². The summed E-state index contributed by atoms with van der Waals surface area (Å²) < 4.78 is 0. The minimum absolute atomic E-state index is 0.400. The van der Waals surface area contributed by atoms with Crippen LogP contribution in [0.3, 0.4) is 0 Å². The molecular weight excluding hydrogens is 164 g/mol. The van der Waals surface area contributed by atoms with E-state index in [9.17, 15) is 4.79 Å². The molecule has 0 spiro atoms. The van der Waals surface area contributed by atoms with E-state index in [-0.39, 0.29) is 0 Å². The number of carbonyl (C=O) groups excluding carboxylic acids is 1. The molecule has 1 N–H and O–H groups in total. The van der Waals surface area contributed by atoms with Crippen molar-refractivity contribution < 1.29 is 4.79 Å². The Bertz CT molecular complexity index is 275. The molecule has 0 amide bonds. The summed E-state index contributed by atoms with van der Waals surface area (Å²) in [5.74, 6) is 0.507. The number of nitrogens with one attached hydrogen (secondary N) is 1. The average Bonchev–Trinajstić information content (AvgIpc) is 2.04. The number of hydrogen-bond donors (Lipinski definition) is 1. The van der Waals surface area contributed by atoms with E-state index in [1.165, 1.54) is 0 Å². The van der Waals surface area contributed by atoms with E-state index in [0.717, 1.165) is 0 Å². The fraction of sp³-hybridized carbons (Fsp3) is 0.143. The first-order valence-electron chi connectivity index (χ1n) is 3.07. The standard InChI is InChI=1S/C7H7ClN2O/c1-9-7-5(4-11)6(8)2-3-10-7/h2-4H,1H3,(H,9,10). The topological polar surface area (TPSA) is 42.0 Å². The molecule has 0 aliphatic carbocycles. The zero-order valence-electron chi connectivity index (χ0n) is 5.97. The van der Waals surface area contributed by atoms with Crippen molar-refractivity contribution in [1.29, 1.82) is 0 Å². The first-order chi connectivity index (χ1) is 5.29. The monoisotopic (exact) mass is 170 g/mol. The lowest BCUT2D eigenvalue weighted by atomic mass is 10.3. The zero-order valence-corrected chi connectivity index (χ0v) is 6.72. The summed E-state index contributed by atoms with van der Waals surface area (Å²) in [6.45, 7) is 0. The molecule has 1 heterocycles. The Morgan fingerprint density at radius 1 is 1.73 bits per heavy atom. The minimum Gasteiger partial charge on any atom is -0.373 e. The first kappa shape index (κ1) is 8.01. The average molecular weight is 171 g/mol. The predicted molar refractivity (Wildman–Crippen MR) is 44.2 cm³/mol. The number of pyridine rings is 1. The van der Waals surface area contributed by atoms with E-state index in [1.807, 2.05) is 0 Å². The minimum atomic E-state index is 0.400. The van der Waals surface area contributed by atoms with Gasteiger partial charge < -0.3 is 5.32 Å². The second kappa shape index (κ2) is 3.34. The van der Waals surface area contributed by atoms with Gasteiger partial charge in [0.2, 0.25) is 0 Å². The van der Waals surface area contributed by atoms with Crippen molar-refractivity contribution in [2.45, 2.75) is 0 Å². The molecule has 3 nitrogen and oxygen atoms in total. The molecule has 0 fully saturated rings. The number of anilines is 1. The van der Waals surface area contributed by atoms with Gasteiger partial charge in [0, 0.05) is 13.2 Å². The van der Waals surface area contributed by atoms with Crippen molar-refractivity contribution in [3.05, 3.63) is 22.8 Å². The van der Waals surface area contributed by atoms with Crippen LogP contribution in [0.15, 0.2) is 12.3 Å². The molecule has 0 bridgehead atoms. The van der Waals surface area contributed by atoms with Crippen LogP contribution in [0.1, 0.15) is 10.4 Å². The zero-order chi connectivity index (χ0) is 8.27. The van der Waals surface area contributed by atoms with Gasteiger partial charge in [0.15, 0.2) is 6.29 Å². The number of halogens is 1. The SMILES string of the molecule is CNc1nccc(Cl)c1C=O. The molecule has 0 radical (unpaired) electrons. The van der Waals surface area contributed by atoms with Crippen LogP contribution in [0, 0.1) is 0 Å². The van der Waals surface area contributed by atoms with Crippen molar-refractivity contribution in [2.24, 2.45) is 0 Å². The van der Waals surface area contributed by atoms with E-state index in [4.69, 9.17) is 11.6 Å². The quantitative estimate of drug-likeness (QED) is 0.686. The third-order valence-corrected chi connectivity index (χ3v) is 1.62. The summed E-state index contributed by atoms with van der Waals surface area (Å²) in [5.41, 5.74) is 0.400. The van der Waals surface area contributed by atoms with Gasteiger partial charge in [-0.25, -0.2) is 4.98 Å². The molecule has 1 rings (SSSR count). The second-order valence-electron chi connectivity index (χ2n) is 1.92. The van der Waals surface area contributed by atoms with Gasteiger partial charge in [-0.1, -0.05) is 11.6 Å². The smallest absolute Gasteiger partial charge is 0.155 e. The van der Waals surface area contributed by atoms with E-state index in [2.05, 4.69) is 10.3 Å². The largest absolute Gasteiger partial charge is 0.373 e. The van der Waals surface area contributed by atoms with Crippen LogP contribution in [-0.4, -0.2) is 18.3 Å². The van der Waals surface area contributed by atoms with Crippen molar-refractivity contribution >= 4 is 23.7 Å². The molecule has 11 heavy (non-hydrogen) atoms. The maximum atomic E-state index is 10.4. The molecule has 0 aliphatic rings. The molecule has 0 unspecified atom stereocenters. The maximum absolute atomic E-state index is 10.4. The van der Waals surface area contributed by atoms with Gasteiger partial charge in [0.1, 0.15) is 5.82 Å². The molecule has 0 atom stereocenters. The highest BCUT2D eigenvalue weighted by Crippen LogP contribution is 2.18. The second-order valence-corrected chi connectivity index (χ2v) is 2.33.